The van der Waals surface area contributed by atoms with Crippen LogP contribution in [0.1, 0.15) is 6.42 Å². The van der Waals surface area contributed by atoms with Crippen molar-refractivity contribution in [2.24, 2.45) is 0 Å². The molecule has 0 amide bonds. The molecule has 0 aliphatic carbocycles. The summed E-state index contributed by atoms with van der Waals surface area (Å²) >= 11 is 1.60. The first-order chi connectivity index (χ1) is 9.73. The molecule has 0 aliphatic heterocycles. The molecule has 20 heavy (non-hydrogen) atoms. The summed E-state index contributed by atoms with van der Waals surface area (Å²) in [6.07, 6.45) is 0.922. The van der Waals surface area contributed by atoms with Gasteiger partial charge in [-0.1, -0.05) is 23.9 Å². The Morgan fingerprint density at radius 2 is 1.85 bits per heavy atom. The van der Waals surface area contributed by atoms with E-state index in [0.29, 0.717) is 5.22 Å². The van der Waals surface area contributed by atoms with Gasteiger partial charge in [0.15, 0.2) is 5.58 Å². The van der Waals surface area contributed by atoms with E-state index in [9.17, 15) is 0 Å². The minimum absolute atomic E-state index is 0.700. The summed E-state index contributed by atoms with van der Waals surface area (Å²) in [5.74, 6) is 0.887. The molecule has 110 valence electrons. The number of hydrogen-bond donors (Lipinski definition) is 0. The molecule has 0 atom stereocenters. The minimum Gasteiger partial charge on any atom is -0.431 e. The number of hydrogen-bond acceptors (Lipinski definition) is 6. The molecular weight excluding hydrogens is 294 g/mol. The lowest BCUT2D eigenvalue weighted by Gasteiger charge is -2.23. The molecule has 0 fully saturated rings. The number of para-hydroxylation sites is 2. The zero-order valence-electron chi connectivity index (χ0n) is 11.9. The summed E-state index contributed by atoms with van der Waals surface area (Å²) in [5.41, 5.74) is 1.72. The smallest absolute Gasteiger partial charge is 0.431 e. The van der Waals surface area contributed by atoms with Gasteiger partial charge in [0.05, 0.1) is 0 Å². The van der Waals surface area contributed by atoms with Gasteiger partial charge in [-0.05, 0) is 18.6 Å². The summed E-state index contributed by atoms with van der Waals surface area (Å²) in [7, 11) is 2.44. The Morgan fingerprint density at radius 3 is 2.50 bits per heavy atom. The van der Waals surface area contributed by atoms with Crippen LogP contribution < -0.4 is 0 Å². The van der Waals surface area contributed by atoms with E-state index < -0.39 is 8.80 Å². The molecule has 2 aromatic rings. The average molecular weight is 313 g/mol. The van der Waals surface area contributed by atoms with Crippen molar-refractivity contribution in [2.45, 2.75) is 17.7 Å². The molecule has 1 aromatic heterocycles. The van der Waals surface area contributed by atoms with E-state index in [1.165, 1.54) is 0 Å². The lowest BCUT2D eigenvalue weighted by atomic mass is 10.3. The summed E-state index contributed by atoms with van der Waals surface area (Å²) < 4.78 is 21.8. The van der Waals surface area contributed by atoms with Gasteiger partial charge in [0.1, 0.15) is 5.52 Å². The fraction of sp³-hybridized carbons (Fsp3) is 0.462. The number of aromatic nitrogens is 1. The van der Waals surface area contributed by atoms with Crippen LogP contribution in [0.3, 0.4) is 0 Å². The highest BCUT2D eigenvalue weighted by molar-refractivity contribution is 7.99. The molecular formula is C13H19NO4SSi. The molecule has 0 radical (unpaired) electrons. The maximum absolute atomic E-state index is 5.65. The van der Waals surface area contributed by atoms with Crippen molar-refractivity contribution in [1.29, 1.82) is 0 Å². The Kier molecular flexibility index (Phi) is 5.61. The quantitative estimate of drug-likeness (QED) is 0.424. The third-order valence-electron chi connectivity index (χ3n) is 3.06. The van der Waals surface area contributed by atoms with E-state index >= 15 is 0 Å². The van der Waals surface area contributed by atoms with Crippen molar-refractivity contribution in [3.05, 3.63) is 24.3 Å². The van der Waals surface area contributed by atoms with E-state index in [0.717, 1.165) is 29.3 Å². The van der Waals surface area contributed by atoms with Crippen LogP contribution in [-0.2, 0) is 13.3 Å². The Labute approximate surface area is 124 Å². The van der Waals surface area contributed by atoms with Crippen LogP contribution in [0.2, 0.25) is 6.04 Å². The lowest BCUT2D eigenvalue weighted by Crippen LogP contribution is -2.42. The Balaban J connectivity index is 1.84. The average Bonchev–Trinajstić information content (AvgIpc) is 2.91. The minimum atomic E-state index is -2.45. The Bertz CT molecular complexity index is 503. The summed E-state index contributed by atoms with van der Waals surface area (Å²) in [5, 5.41) is 0.700. The molecule has 0 saturated carbocycles. The number of fused-ring (bicyclic) bond motifs is 1. The maximum atomic E-state index is 5.65. The summed E-state index contributed by atoms with van der Waals surface area (Å²) in [6.45, 7) is 0. The van der Waals surface area contributed by atoms with Gasteiger partial charge >= 0.3 is 8.80 Å². The van der Waals surface area contributed by atoms with Crippen molar-refractivity contribution < 1.29 is 17.7 Å². The van der Waals surface area contributed by atoms with E-state index in [4.69, 9.17) is 17.7 Å². The Hall–Kier alpha value is -0.863. The normalized spacial score (nSPS) is 12.2. The van der Waals surface area contributed by atoms with Crippen LogP contribution >= 0.6 is 11.8 Å². The SMILES string of the molecule is CO[Si](CCCSc1nc2ccccc2o1)(OC)OC. The van der Waals surface area contributed by atoms with Crippen LogP contribution in [0.15, 0.2) is 33.9 Å². The van der Waals surface area contributed by atoms with Crippen LogP contribution in [0.4, 0.5) is 0 Å². The van der Waals surface area contributed by atoms with Gasteiger partial charge in [-0.2, -0.15) is 0 Å². The van der Waals surface area contributed by atoms with Crippen molar-refractivity contribution >= 4 is 31.7 Å². The predicted molar refractivity (Wildman–Crippen MR) is 80.9 cm³/mol. The lowest BCUT2D eigenvalue weighted by molar-refractivity contribution is 0.123. The highest BCUT2D eigenvalue weighted by Gasteiger charge is 2.36. The molecule has 1 aromatic carbocycles. The molecule has 0 saturated heterocycles. The number of rotatable bonds is 8. The number of nitrogens with zero attached hydrogens (tertiary/aromatic N) is 1. The van der Waals surface area contributed by atoms with Crippen molar-refractivity contribution in [3.63, 3.8) is 0 Å². The second kappa shape index (κ2) is 7.23. The van der Waals surface area contributed by atoms with Crippen molar-refractivity contribution in [3.8, 4) is 0 Å². The number of oxazole rings is 1. The second-order valence-electron chi connectivity index (χ2n) is 4.19. The van der Waals surface area contributed by atoms with E-state index in [1.54, 1.807) is 33.1 Å². The first-order valence-electron chi connectivity index (χ1n) is 6.37. The first kappa shape index (κ1) is 15.5. The number of thioether (sulfide) groups is 1. The maximum Gasteiger partial charge on any atom is 0.500 e. The van der Waals surface area contributed by atoms with E-state index in [-0.39, 0.29) is 0 Å². The van der Waals surface area contributed by atoms with E-state index in [2.05, 4.69) is 4.98 Å². The fourth-order valence-electron chi connectivity index (χ4n) is 1.92. The zero-order chi connectivity index (χ0) is 14.4. The van der Waals surface area contributed by atoms with Crippen LogP contribution in [-0.4, -0.2) is 40.9 Å². The molecule has 1 heterocycles. The highest BCUT2D eigenvalue weighted by Crippen LogP contribution is 2.25. The number of benzene rings is 1. The van der Waals surface area contributed by atoms with Crippen LogP contribution in [0, 0.1) is 0 Å². The topological polar surface area (TPSA) is 53.7 Å². The molecule has 0 bridgehead atoms. The van der Waals surface area contributed by atoms with Gasteiger partial charge in [0, 0.05) is 33.1 Å². The van der Waals surface area contributed by atoms with Gasteiger partial charge in [-0.25, -0.2) is 4.98 Å². The highest BCUT2D eigenvalue weighted by atomic mass is 32.2. The Morgan fingerprint density at radius 1 is 1.15 bits per heavy atom. The monoisotopic (exact) mass is 313 g/mol. The standard InChI is InChI=1S/C13H19NO4SSi/c1-15-20(16-2,17-3)10-6-9-19-13-14-11-7-4-5-8-12(11)18-13/h4-5,7-8H,6,9-10H2,1-3H3. The molecule has 0 spiro atoms. The summed E-state index contributed by atoms with van der Waals surface area (Å²) in [4.78, 5) is 4.42. The van der Waals surface area contributed by atoms with Gasteiger partial charge in [0.2, 0.25) is 0 Å². The molecule has 7 heteroatoms. The molecule has 5 nitrogen and oxygen atoms in total. The third kappa shape index (κ3) is 3.61. The van der Waals surface area contributed by atoms with Gasteiger partial charge in [-0.3, -0.25) is 0 Å². The van der Waals surface area contributed by atoms with Gasteiger partial charge in [0.25, 0.3) is 5.22 Å². The fourth-order valence-corrected chi connectivity index (χ4v) is 4.67. The van der Waals surface area contributed by atoms with Crippen molar-refractivity contribution in [2.75, 3.05) is 27.1 Å². The predicted octanol–water partition coefficient (Wildman–Crippen LogP) is 3.19. The van der Waals surface area contributed by atoms with Crippen molar-refractivity contribution in [1.82, 2.24) is 4.98 Å². The third-order valence-corrected chi connectivity index (χ3v) is 6.81. The molecule has 2 rings (SSSR count). The van der Waals surface area contributed by atoms with Gasteiger partial charge in [-0.15, -0.1) is 0 Å². The summed E-state index contributed by atoms with van der Waals surface area (Å²) in [6, 6.07) is 8.54. The first-order valence-corrected chi connectivity index (χ1v) is 9.28. The molecule has 0 unspecified atom stereocenters. The zero-order valence-corrected chi connectivity index (χ0v) is 13.7. The van der Waals surface area contributed by atoms with Crippen LogP contribution in [0.25, 0.3) is 11.1 Å². The van der Waals surface area contributed by atoms with Crippen LogP contribution in [0.5, 0.6) is 0 Å². The second-order valence-corrected chi connectivity index (χ2v) is 8.33. The molecule has 0 N–H and O–H groups in total. The molecule has 0 aliphatic rings. The largest absolute Gasteiger partial charge is 0.500 e. The van der Waals surface area contributed by atoms with E-state index in [1.807, 2.05) is 24.3 Å². The van der Waals surface area contributed by atoms with Gasteiger partial charge < -0.3 is 17.7 Å².